The van der Waals surface area contributed by atoms with Crippen LogP contribution in [0.3, 0.4) is 0 Å². The first-order valence-electron chi connectivity index (χ1n) is 7.69. The molecule has 0 unspecified atom stereocenters. The zero-order valence-electron chi connectivity index (χ0n) is 13.5. The summed E-state index contributed by atoms with van der Waals surface area (Å²) in [5.41, 5.74) is 2.43. The third-order valence-corrected chi connectivity index (χ3v) is 3.96. The summed E-state index contributed by atoms with van der Waals surface area (Å²) in [7, 11) is 4.03. The molecule has 0 aliphatic rings. The van der Waals surface area contributed by atoms with Crippen LogP contribution in [0.15, 0.2) is 60.8 Å². The van der Waals surface area contributed by atoms with E-state index in [9.17, 15) is 0 Å². The summed E-state index contributed by atoms with van der Waals surface area (Å²) in [6, 6.07) is 18.8. The van der Waals surface area contributed by atoms with E-state index in [-0.39, 0.29) is 18.5 Å². The van der Waals surface area contributed by atoms with Gasteiger partial charge in [0, 0.05) is 30.6 Å². The third-order valence-electron chi connectivity index (χ3n) is 3.96. The summed E-state index contributed by atoms with van der Waals surface area (Å²) in [6.45, 7) is 0.924. The summed E-state index contributed by atoms with van der Waals surface area (Å²) in [5.74, 6) is 0.920. The van der Waals surface area contributed by atoms with Gasteiger partial charge in [0.1, 0.15) is 11.9 Å². The number of hydrogen-bond donors (Lipinski definition) is 1. The van der Waals surface area contributed by atoms with Crippen molar-refractivity contribution in [2.75, 3.05) is 13.6 Å². The van der Waals surface area contributed by atoms with Gasteiger partial charge in [-0.3, -0.25) is 0 Å². The van der Waals surface area contributed by atoms with Crippen LogP contribution in [0.5, 0.6) is 5.75 Å². The lowest BCUT2D eigenvalue weighted by molar-refractivity contribution is 0.195. The number of ether oxygens (including phenoxy) is 1. The highest BCUT2D eigenvalue weighted by atomic mass is 35.5. The van der Waals surface area contributed by atoms with Gasteiger partial charge in [0.25, 0.3) is 0 Å². The van der Waals surface area contributed by atoms with E-state index >= 15 is 0 Å². The third kappa shape index (κ3) is 4.06. The van der Waals surface area contributed by atoms with Crippen molar-refractivity contribution >= 4 is 23.3 Å². The van der Waals surface area contributed by atoms with Crippen LogP contribution in [0.2, 0.25) is 0 Å². The molecule has 1 heterocycles. The Labute approximate surface area is 143 Å². The lowest BCUT2D eigenvalue weighted by Gasteiger charge is -2.20. The first-order chi connectivity index (χ1) is 10.8. The second-order valence-electron chi connectivity index (χ2n) is 5.56. The van der Waals surface area contributed by atoms with Gasteiger partial charge in [-0.15, -0.1) is 12.4 Å². The minimum absolute atomic E-state index is 0. The monoisotopic (exact) mass is 330 g/mol. The smallest absolute Gasteiger partial charge is 0.125 e. The molecule has 0 bridgehead atoms. The number of aromatic nitrogens is 1. The highest BCUT2D eigenvalue weighted by Crippen LogP contribution is 2.27. The largest absolute Gasteiger partial charge is 0.486 e. The van der Waals surface area contributed by atoms with Gasteiger partial charge < -0.3 is 14.6 Å². The Bertz CT molecular complexity index is 739. The van der Waals surface area contributed by atoms with E-state index in [0.717, 1.165) is 18.7 Å². The summed E-state index contributed by atoms with van der Waals surface area (Å²) in [4.78, 5) is 0. The molecule has 0 radical (unpaired) electrons. The van der Waals surface area contributed by atoms with Crippen LogP contribution in [-0.2, 0) is 7.05 Å². The first kappa shape index (κ1) is 17.4. The minimum atomic E-state index is 0. The van der Waals surface area contributed by atoms with Gasteiger partial charge in [0.15, 0.2) is 0 Å². The Morgan fingerprint density at radius 2 is 1.87 bits per heavy atom. The van der Waals surface area contributed by atoms with Crippen LogP contribution >= 0.6 is 12.4 Å². The maximum Gasteiger partial charge on any atom is 0.125 e. The zero-order chi connectivity index (χ0) is 15.4. The molecule has 2 aromatic carbocycles. The number of nitrogens with zero attached hydrogens (tertiary/aromatic N) is 1. The van der Waals surface area contributed by atoms with E-state index in [0.29, 0.717) is 0 Å². The van der Waals surface area contributed by atoms with Crippen molar-refractivity contribution in [3.05, 3.63) is 66.4 Å². The Kier molecular flexibility index (Phi) is 6.08. The number of hydrogen-bond acceptors (Lipinski definition) is 2. The maximum atomic E-state index is 6.27. The van der Waals surface area contributed by atoms with Crippen molar-refractivity contribution < 1.29 is 4.74 Å². The second-order valence-corrected chi connectivity index (χ2v) is 5.56. The fourth-order valence-electron chi connectivity index (χ4n) is 2.73. The van der Waals surface area contributed by atoms with Crippen LogP contribution < -0.4 is 10.1 Å². The molecule has 1 aromatic heterocycles. The fraction of sp³-hybridized carbons (Fsp3) is 0.263. The van der Waals surface area contributed by atoms with E-state index in [1.54, 1.807) is 0 Å². The molecule has 122 valence electrons. The second kappa shape index (κ2) is 8.04. The Balaban J connectivity index is 0.00000192. The van der Waals surface area contributed by atoms with Crippen molar-refractivity contribution in [1.29, 1.82) is 0 Å². The molecule has 3 nitrogen and oxygen atoms in total. The lowest BCUT2D eigenvalue weighted by Crippen LogP contribution is -2.16. The molecule has 1 atom stereocenters. The molecule has 0 aliphatic carbocycles. The topological polar surface area (TPSA) is 26.2 Å². The van der Waals surface area contributed by atoms with Crippen molar-refractivity contribution in [2.24, 2.45) is 7.05 Å². The minimum Gasteiger partial charge on any atom is -0.486 e. The van der Waals surface area contributed by atoms with Crippen LogP contribution in [0.1, 0.15) is 18.1 Å². The number of aryl methyl sites for hydroxylation is 1. The van der Waals surface area contributed by atoms with Gasteiger partial charge in [-0.1, -0.05) is 30.3 Å². The highest BCUT2D eigenvalue weighted by molar-refractivity contribution is 5.85. The lowest BCUT2D eigenvalue weighted by atomic mass is 10.1. The van der Waals surface area contributed by atoms with Crippen molar-refractivity contribution in [2.45, 2.75) is 12.5 Å². The predicted octanol–water partition coefficient (Wildman–Crippen LogP) is 4.33. The molecule has 4 heteroatoms. The summed E-state index contributed by atoms with van der Waals surface area (Å²) in [6.07, 6.45) is 3.08. The number of fused-ring (bicyclic) bond motifs is 1. The zero-order valence-corrected chi connectivity index (χ0v) is 14.3. The average molecular weight is 331 g/mol. The standard InChI is InChI=1S/C19H22N2O.ClH/c1-20-12-10-19(15-6-4-3-5-7-15)22-17-8-9-18-16(14-17)11-13-21(18)2;/h3-9,11,13-14,19-20H,10,12H2,1-2H3;1H/t19-;/m0./s1. The Morgan fingerprint density at radius 1 is 1.09 bits per heavy atom. The molecular weight excluding hydrogens is 308 g/mol. The number of nitrogens with one attached hydrogen (secondary N) is 1. The van der Waals surface area contributed by atoms with E-state index in [2.05, 4.69) is 71.7 Å². The van der Waals surface area contributed by atoms with E-state index in [1.807, 2.05) is 13.1 Å². The van der Waals surface area contributed by atoms with Gasteiger partial charge in [0.05, 0.1) is 0 Å². The van der Waals surface area contributed by atoms with Crippen LogP contribution in [0, 0.1) is 0 Å². The molecule has 0 spiro atoms. The molecule has 3 rings (SSSR count). The normalized spacial score (nSPS) is 11.9. The van der Waals surface area contributed by atoms with E-state index < -0.39 is 0 Å². The molecule has 3 aromatic rings. The van der Waals surface area contributed by atoms with Crippen LogP contribution in [0.4, 0.5) is 0 Å². The van der Waals surface area contributed by atoms with E-state index in [4.69, 9.17) is 4.74 Å². The quantitative estimate of drug-likeness (QED) is 0.728. The molecule has 0 saturated heterocycles. The highest BCUT2D eigenvalue weighted by Gasteiger charge is 2.13. The molecule has 0 aliphatic heterocycles. The number of rotatable bonds is 6. The average Bonchev–Trinajstić information content (AvgIpc) is 2.93. The molecular formula is C19H23ClN2O. The summed E-state index contributed by atoms with van der Waals surface area (Å²) < 4.78 is 8.39. The van der Waals surface area contributed by atoms with Gasteiger partial charge in [0.2, 0.25) is 0 Å². The number of halogens is 1. The SMILES string of the molecule is CNCC[C@H](Oc1ccc2c(ccn2C)c1)c1ccccc1.Cl. The number of benzene rings is 2. The van der Waals surface area contributed by atoms with Gasteiger partial charge in [-0.05, 0) is 43.4 Å². The summed E-state index contributed by atoms with van der Waals surface area (Å²) >= 11 is 0. The summed E-state index contributed by atoms with van der Waals surface area (Å²) in [5, 5.41) is 4.41. The van der Waals surface area contributed by atoms with Gasteiger partial charge in [-0.25, -0.2) is 0 Å². The fourth-order valence-corrected chi connectivity index (χ4v) is 2.73. The van der Waals surface area contributed by atoms with Crippen LogP contribution in [-0.4, -0.2) is 18.2 Å². The van der Waals surface area contributed by atoms with Crippen molar-refractivity contribution in [3.8, 4) is 5.75 Å². The molecule has 23 heavy (non-hydrogen) atoms. The van der Waals surface area contributed by atoms with Crippen molar-refractivity contribution in [3.63, 3.8) is 0 Å². The van der Waals surface area contributed by atoms with Crippen molar-refractivity contribution in [1.82, 2.24) is 9.88 Å². The van der Waals surface area contributed by atoms with E-state index in [1.165, 1.54) is 16.5 Å². The predicted molar refractivity (Wildman–Crippen MR) is 98.5 cm³/mol. The Hall–Kier alpha value is -1.97. The first-order valence-corrected chi connectivity index (χ1v) is 7.69. The van der Waals surface area contributed by atoms with Gasteiger partial charge in [-0.2, -0.15) is 0 Å². The van der Waals surface area contributed by atoms with Crippen LogP contribution in [0.25, 0.3) is 10.9 Å². The molecule has 0 amide bonds. The molecule has 1 N–H and O–H groups in total. The maximum absolute atomic E-state index is 6.27. The Morgan fingerprint density at radius 3 is 2.61 bits per heavy atom. The molecule has 0 fully saturated rings. The van der Waals surface area contributed by atoms with Gasteiger partial charge >= 0.3 is 0 Å². The molecule has 0 saturated carbocycles.